The maximum Gasteiger partial charge on any atom is 0.229 e. The smallest absolute Gasteiger partial charge is 0.229 e. The van der Waals surface area contributed by atoms with Gasteiger partial charge in [-0.15, -0.1) is 0 Å². The van der Waals surface area contributed by atoms with Crippen LogP contribution in [-0.2, 0) is 6.42 Å². The first-order valence-corrected chi connectivity index (χ1v) is 7.00. The lowest BCUT2D eigenvalue weighted by Gasteiger charge is -2.13. The van der Waals surface area contributed by atoms with Gasteiger partial charge >= 0.3 is 0 Å². The van der Waals surface area contributed by atoms with Crippen LogP contribution in [0, 0.1) is 6.92 Å². The molecular weight excluding hydrogens is 286 g/mol. The highest BCUT2D eigenvalue weighted by Crippen LogP contribution is 2.32. The molecule has 5 nitrogen and oxygen atoms in total. The molecule has 3 rings (SSSR count). The number of nitrogens with zero attached hydrogens (tertiary/aromatic N) is 2. The first-order valence-electron chi connectivity index (χ1n) is 6.62. The Balaban J connectivity index is 1.99. The minimum absolute atomic E-state index is 0.423. The van der Waals surface area contributed by atoms with Crippen LogP contribution < -0.4 is 20.8 Å². The van der Waals surface area contributed by atoms with Gasteiger partial charge in [-0.25, -0.2) is 4.98 Å². The molecule has 0 atom stereocenters. The molecule has 1 aliphatic heterocycles. The molecule has 21 heavy (non-hydrogen) atoms. The molecule has 106 valence electrons. The van der Waals surface area contributed by atoms with Crippen molar-refractivity contribution in [2.75, 3.05) is 24.3 Å². The zero-order valence-corrected chi connectivity index (χ0v) is 12.6. The van der Waals surface area contributed by atoms with Crippen molar-refractivity contribution in [2.45, 2.75) is 13.3 Å². The molecule has 2 aromatic rings. The Morgan fingerprint density at radius 2 is 2.14 bits per heavy atom. The van der Waals surface area contributed by atoms with Crippen LogP contribution in [0.15, 0.2) is 12.1 Å². The van der Waals surface area contributed by atoms with Gasteiger partial charge in [0.05, 0.1) is 17.3 Å². The Bertz CT molecular complexity index is 708. The van der Waals surface area contributed by atoms with Gasteiger partial charge in [-0.2, -0.15) is 4.98 Å². The van der Waals surface area contributed by atoms with E-state index in [0.29, 0.717) is 34.5 Å². The van der Waals surface area contributed by atoms with E-state index in [1.54, 1.807) is 0 Å². The van der Waals surface area contributed by atoms with Crippen LogP contribution >= 0.6 is 11.6 Å². The summed E-state index contributed by atoms with van der Waals surface area (Å²) in [5, 5.41) is 6.54. The minimum Gasteiger partial charge on any atom is -0.494 e. The third-order valence-corrected chi connectivity index (χ3v) is 3.71. The molecule has 0 saturated carbocycles. The number of benzene rings is 1. The van der Waals surface area contributed by atoms with Crippen molar-refractivity contribution in [2.24, 2.45) is 0 Å². The third-order valence-electron chi connectivity index (χ3n) is 3.30. The molecule has 0 saturated heterocycles. The molecule has 1 aromatic carbocycles. The topological polar surface area (TPSA) is 59.1 Å². The molecule has 0 fully saturated rings. The summed E-state index contributed by atoms with van der Waals surface area (Å²) < 4.78 is 5.49. The molecule has 2 radical (unpaired) electrons. The van der Waals surface area contributed by atoms with E-state index in [4.69, 9.17) is 24.2 Å². The Morgan fingerprint density at radius 3 is 2.90 bits per heavy atom. The third kappa shape index (κ3) is 2.63. The zero-order chi connectivity index (χ0) is 15.0. The van der Waals surface area contributed by atoms with Gasteiger partial charge in [0.1, 0.15) is 19.4 Å². The van der Waals surface area contributed by atoms with Gasteiger partial charge < -0.3 is 15.4 Å². The number of hydrogen-bond acceptors (Lipinski definition) is 5. The summed E-state index contributed by atoms with van der Waals surface area (Å²) in [5.41, 5.74) is 3.04. The summed E-state index contributed by atoms with van der Waals surface area (Å²) in [6, 6.07) is 3.80. The Kier molecular flexibility index (Phi) is 3.63. The maximum absolute atomic E-state index is 6.30. The number of halogens is 1. The van der Waals surface area contributed by atoms with Crippen LogP contribution in [0.2, 0.25) is 5.02 Å². The van der Waals surface area contributed by atoms with Crippen molar-refractivity contribution in [3.8, 4) is 5.75 Å². The number of hydrogen-bond donors (Lipinski definition) is 2. The minimum atomic E-state index is 0.423. The summed E-state index contributed by atoms with van der Waals surface area (Å²) in [7, 11) is 7.83. The maximum atomic E-state index is 6.30. The van der Waals surface area contributed by atoms with Crippen molar-refractivity contribution in [1.29, 1.82) is 0 Å². The van der Waals surface area contributed by atoms with Gasteiger partial charge in [-0.1, -0.05) is 11.6 Å². The number of anilines is 3. The van der Waals surface area contributed by atoms with E-state index in [9.17, 15) is 0 Å². The second kappa shape index (κ2) is 5.45. The van der Waals surface area contributed by atoms with Crippen LogP contribution in [-0.4, -0.2) is 31.5 Å². The van der Waals surface area contributed by atoms with Crippen molar-refractivity contribution in [1.82, 2.24) is 9.97 Å². The van der Waals surface area contributed by atoms with E-state index in [-0.39, 0.29) is 0 Å². The second-order valence-corrected chi connectivity index (χ2v) is 5.21. The lowest BCUT2D eigenvalue weighted by Crippen LogP contribution is -2.11. The van der Waals surface area contributed by atoms with Gasteiger partial charge in [0, 0.05) is 25.2 Å². The molecule has 0 spiro atoms. The van der Waals surface area contributed by atoms with Crippen LogP contribution in [0.5, 0.6) is 5.75 Å². The van der Waals surface area contributed by atoms with Crippen LogP contribution in [0.1, 0.15) is 11.3 Å². The predicted octanol–water partition coefficient (Wildman–Crippen LogP) is 1.95. The van der Waals surface area contributed by atoms with Gasteiger partial charge in [-0.3, -0.25) is 0 Å². The number of aryl methyl sites for hydroxylation is 1. The summed E-state index contributed by atoms with van der Waals surface area (Å²) in [5.74, 6) is 1.89. The monoisotopic (exact) mass is 300 g/mol. The fourth-order valence-electron chi connectivity index (χ4n) is 2.30. The Labute approximate surface area is 129 Å². The summed E-state index contributed by atoms with van der Waals surface area (Å²) >= 11 is 6.30. The van der Waals surface area contributed by atoms with Crippen LogP contribution in [0.4, 0.5) is 17.5 Å². The number of fused-ring (bicyclic) bond motifs is 1. The van der Waals surface area contributed by atoms with E-state index in [0.717, 1.165) is 23.5 Å². The zero-order valence-electron chi connectivity index (χ0n) is 11.8. The SMILES string of the molecule is [B]c1c(Cl)c(Nc2nc(C)cc(NC)n2)cc2c1OCC2. The number of nitrogens with one attached hydrogen (secondary N) is 2. The molecule has 7 heteroatoms. The fourth-order valence-corrected chi connectivity index (χ4v) is 2.49. The molecule has 0 aliphatic carbocycles. The van der Waals surface area contributed by atoms with E-state index in [2.05, 4.69) is 20.6 Å². The molecule has 2 heterocycles. The van der Waals surface area contributed by atoms with Crippen LogP contribution in [0.25, 0.3) is 0 Å². The molecule has 0 unspecified atom stereocenters. The van der Waals surface area contributed by atoms with Crippen molar-refractivity contribution in [3.63, 3.8) is 0 Å². The van der Waals surface area contributed by atoms with E-state index in [1.165, 1.54) is 0 Å². The number of aromatic nitrogens is 2. The standard InChI is InChI=1S/C14H14BClN4O/c1-7-5-10(17-2)20-14(18-7)19-9-6-8-3-4-21-13(8)11(15)12(9)16/h5-6H,3-4H2,1-2H3,(H2,17,18,19,20). The van der Waals surface area contributed by atoms with Crippen LogP contribution in [0.3, 0.4) is 0 Å². The highest BCUT2D eigenvalue weighted by Gasteiger charge is 2.19. The van der Waals surface area contributed by atoms with Gasteiger partial charge in [-0.05, 0) is 24.0 Å². The lowest BCUT2D eigenvalue weighted by atomic mass is 9.91. The van der Waals surface area contributed by atoms with E-state index < -0.39 is 0 Å². The van der Waals surface area contributed by atoms with Crippen molar-refractivity contribution < 1.29 is 4.74 Å². The molecule has 2 N–H and O–H groups in total. The summed E-state index contributed by atoms with van der Waals surface area (Å²) in [6.07, 6.45) is 0.821. The average Bonchev–Trinajstić information content (AvgIpc) is 2.92. The highest BCUT2D eigenvalue weighted by atomic mass is 35.5. The largest absolute Gasteiger partial charge is 0.494 e. The Hall–Kier alpha value is -1.95. The Morgan fingerprint density at radius 1 is 1.33 bits per heavy atom. The van der Waals surface area contributed by atoms with E-state index in [1.807, 2.05) is 26.1 Å². The molecule has 1 aromatic heterocycles. The van der Waals surface area contributed by atoms with Crippen molar-refractivity contribution in [3.05, 3.63) is 28.4 Å². The molecule has 1 aliphatic rings. The lowest BCUT2D eigenvalue weighted by molar-refractivity contribution is 0.359. The normalized spacial score (nSPS) is 12.7. The quantitative estimate of drug-likeness (QED) is 0.849. The molecule has 0 bridgehead atoms. The first kappa shape index (κ1) is 14.0. The predicted molar refractivity (Wildman–Crippen MR) is 85.6 cm³/mol. The van der Waals surface area contributed by atoms with Gasteiger partial charge in [0.2, 0.25) is 5.95 Å². The van der Waals surface area contributed by atoms with Gasteiger partial charge in [0.25, 0.3) is 0 Å². The van der Waals surface area contributed by atoms with Crippen molar-refractivity contribution >= 4 is 42.4 Å². The fraction of sp³-hybridized carbons (Fsp3) is 0.286. The molecule has 0 amide bonds. The molecular formula is C14H14BClN4O. The second-order valence-electron chi connectivity index (χ2n) is 4.83. The average molecular weight is 301 g/mol. The number of rotatable bonds is 3. The first-order chi connectivity index (χ1) is 10.1. The summed E-state index contributed by atoms with van der Waals surface area (Å²) in [4.78, 5) is 8.70. The van der Waals surface area contributed by atoms with E-state index >= 15 is 0 Å². The summed E-state index contributed by atoms with van der Waals surface area (Å²) in [6.45, 7) is 2.53. The number of ether oxygens (including phenoxy) is 1. The highest BCUT2D eigenvalue weighted by molar-refractivity contribution is 6.48. The van der Waals surface area contributed by atoms with Gasteiger partial charge in [0.15, 0.2) is 0 Å².